The normalized spacial score (nSPS) is 30.7. The number of fused-ring (bicyclic) bond motifs is 1. The monoisotopic (exact) mass is 202 g/mol. The number of rotatable bonds is 2. The smallest absolute Gasteiger partial charge is 0.0233 e. The van der Waals surface area contributed by atoms with Crippen LogP contribution >= 0.6 is 0 Å². The quantitative estimate of drug-likeness (QED) is 0.781. The lowest BCUT2D eigenvalue weighted by Gasteiger charge is -2.46. The van der Waals surface area contributed by atoms with Gasteiger partial charge in [-0.3, -0.25) is 4.90 Å². The first kappa shape index (κ1) is 9.37. The minimum Gasteiger partial charge on any atom is -0.313 e. The van der Waals surface area contributed by atoms with Crippen molar-refractivity contribution in [1.29, 1.82) is 0 Å². The first-order valence-electron chi connectivity index (χ1n) is 5.91. The van der Waals surface area contributed by atoms with Crippen molar-refractivity contribution < 1.29 is 0 Å². The van der Waals surface area contributed by atoms with Crippen molar-refractivity contribution in [1.82, 2.24) is 10.2 Å². The molecule has 3 rings (SSSR count). The molecule has 2 saturated heterocycles. The van der Waals surface area contributed by atoms with E-state index in [4.69, 9.17) is 0 Å². The van der Waals surface area contributed by atoms with E-state index < -0.39 is 0 Å². The number of nitrogens with one attached hydrogen (secondary N) is 1. The lowest BCUT2D eigenvalue weighted by molar-refractivity contribution is 0.0784. The van der Waals surface area contributed by atoms with Gasteiger partial charge in [0.05, 0.1) is 0 Å². The van der Waals surface area contributed by atoms with Crippen LogP contribution in [0.2, 0.25) is 0 Å². The topological polar surface area (TPSA) is 15.3 Å². The van der Waals surface area contributed by atoms with Crippen LogP contribution in [0.3, 0.4) is 0 Å². The molecule has 0 aromatic heterocycles. The van der Waals surface area contributed by atoms with Gasteiger partial charge >= 0.3 is 0 Å². The Kier molecular flexibility index (Phi) is 2.47. The summed E-state index contributed by atoms with van der Waals surface area (Å²) in [6.07, 6.45) is 1.33. The van der Waals surface area contributed by atoms with Gasteiger partial charge in [-0.25, -0.2) is 0 Å². The highest BCUT2D eigenvalue weighted by molar-refractivity contribution is 5.14. The Labute approximate surface area is 91.3 Å². The molecule has 0 radical (unpaired) electrons. The zero-order valence-corrected chi connectivity index (χ0v) is 9.02. The molecule has 0 bridgehead atoms. The Hall–Kier alpha value is -0.860. The highest BCUT2D eigenvalue weighted by atomic mass is 15.2. The van der Waals surface area contributed by atoms with Crippen molar-refractivity contribution in [3.63, 3.8) is 0 Å². The molecule has 2 aliphatic heterocycles. The third-order valence-corrected chi connectivity index (χ3v) is 3.71. The summed E-state index contributed by atoms with van der Waals surface area (Å²) in [4.78, 5) is 2.59. The molecule has 2 nitrogen and oxygen atoms in total. The second-order valence-electron chi connectivity index (χ2n) is 4.78. The van der Waals surface area contributed by atoms with Crippen molar-refractivity contribution in [2.45, 2.75) is 19.0 Å². The van der Waals surface area contributed by atoms with E-state index >= 15 is 0 Å². The summed E-state index contributed by atoms with van der Waals surface area (Å²) in [7, 11) is 0. The van der Waals surface area contributed by atoms with Crippen LogP contribution in [0.5, 0.6) is 0 Å². The average molecular weight is 202 g/mol. The summed E-state index contributed by atoms with van der Waals surface area (Å²) >= 11 is 0. The van der Waals surface area contributed by atoms with Gasteiger partial charge in [0.25, 0.3) is 0 Å². The molecule has 15 heavy (non-hydrogen) atoms. The zero-order chi connectivity index (χ0) is 10.1. The minimum absolute atomic E-state index is 0.831. The molecule has 1 N–H and O–H groups in total. The summed E-state index contributed by atoms with van der Waals surface area (Å²) in [5, 5.41) is 3.51. The average Bonchev–Trinajstić information content (AvgIpc) is 2.24. The molecule has 2 heteroatoms. The Bertz CT molecular complexity index is 323. The predicted molar refractivity (Wildman–Crippen MR) is 61.6 cm³/mol. The van der Waals surface area contributed by atoms with Crippen LogP contribution in [0.15, 0.2) is 30.3 Å². The van der Waals surface area contributed by atoms with Gasteiger partial charge in [0, 0.05) is 25.7 Å². The first-order chi connectivity index (χ1) is 7.42. The SMILES string of the molecule is c1ccc(CN2CC[C@@H]3NC[C@@H]3C2)cc1. The molecule has 1 aromatic rings. The van der Waals surface area contributed by atoms with Crippen LogP contribution in [0.1, 0.15) is 12.0 Å². The van der Waals surface area contributed by atoms with Crippen molar-refractivity contribution in [2.75, 3.05) is 19.6 Å². The maximum Gasteiger partial charge on any atom is 0.0233 e. The summed E-state index contributed by atoms with van der Waals surface area (Å²) in [6, 6.07) is 11.6. The highest BCUT2D eigenvalue weighted by Crippen LogP contribution is 2.24. The van der Waals surface area contributed by atoms with Crippen LogP contribution < -0.4 is 5.32 Å². The minimum atomic E-state index is 0.831. The second kappa shape index (κ2) is 3.95. The van der Waals surface area contributed by atoms with Crippen LogP contribution in [0.25, 0.3) is 0 Å². The van der Waals surface area contributed by atoms with Crippen molar-refractivity contribution in [2.24, 2.45) is 5.92 Å². The lowest BCUT2D eigenvalue weighted by atomic mass is 9.85. The third kappa shape index (κ3) is 1.92. The molecule has 0 unspecified atom stereocenters. The molecular formula is C13H18N2. The van der Waals surface area contributed by atoms with Gasteiger partial charge < -0.3 is 5.32 Å². The molecule has 0 spiro atoms. The van der Waals surface area contributed by atoms with Crippen LogP contribution in [-0.2, 0) is 6.54 Å². The highest BCUT2D eigenvalue weighted by Gasteiger charge is 2.35. The van der Waals surface area contributed by atoms with Gasteiger partial charge in [-0.15, -0.1) is 0 Å². The Morgan fingerprint density at radius 3 is 2.80 bits per heavy atom. The van der Waals surface area contributed by atoms with Gasteiger partial charge in [-0.05, 0) is 24.4 Å². The number of nitrogens with zero attached hydrogens (tertiary/aromatic N) is 1. The maximum atomic E-state index is 3.51. The molecule has 2 atom stereocenters. The summed E-state index contributed by atoms with van der Waals surface area (Å²) < 4.78 is 0. The third-order valence-electron chi connectivity index (χ3n) is 3.71. The van der Waals surface area contributed by atoms with E-state index in [0.717, 1.165) is 18.5 Å². The van der Waals surface area contributed by atoms with Crippen molar-refractivity contribution in [3.05, 3.63) is 35.9 Å². The predicted octanol–water partition coefficient (Wildman–Crippen LogP) is 1.48. The number of hydrogen-bond donors (Lipinski definition) is 1. The number of benzene rings is 1. The maximum absolute atomic E-state index is 3.51. The van der Waals surface area contributed by atoms with Crippen molar-refractivity contribution >= 4 is 0 Å². The molecule has 0 aliphatic carbocycles. The molecule has 0 amide bonds. The van der Waals surface area contributed by atoms with Gasteiger partial charge in [0.1, 0.15) is 0 Å². The Morgan fingerprint density at radius 1 is 1.27 bits per heavy atom. The standard InChI is InChI=1S/C13H18N2/c1-2-4-11(5-3-1)9-15-7-6-13-12(10-15)8-14-13/h1-5,12-14H,6-10H2/t12-,13+/m1/s1. The molecule has 2 fully saturated rings. The zero-order valence-electron chi connectivity index (χ0n) is 9.02. The molecule has 0 saturated carbocycles. The number of piperidine rings is 1. The summed E-state index contributed by atoms with van der Waals surface area (Å²) in [5.41, 5.74) is 1.45. The Balaban J connectivity index is 1.60. The van der Waals surface area contributed by atoms with Crippen molar-refractivity contribution in [3.8, 4) is 0 Å². The number of hydrogen-bond acceptors (Lipinski definition) is 2. The van der Waals surface area contributed by atoms with Crippen LogP contribution in [0, 0.1) is 5.92 Å². The fourth-order valence-corrected chi connectivity index (χ4v) is 2.71. The number of likely N-dealkylation sites (tertiary alicyclic amines) is 1. The first-order valence-corrected chi connectivity index (χ1v) is 5.91. The van der Waals surface area contributed by atoms with E-state index in [1.807, 2.05) is 0 Å². The van der Waals surface area contributed by atoms with Crippen LogP contribution in [-0.4, -0.2) is 30.6 Å². The molecule has 80 valence electrons. The lowest BCUT2D eigenvalue weighted by Crippen LogP contribution is -2.61. The largest absolute Gasteiger partial charge is 0.313 e. The van der Waals surface area contributed by atoms with E-state index in [9.17, 15) is 0 Å². The van der Waals surface area contributed by atoms with Gasteiger partial charge in [0.2, 0.25) is 0 Å². The van der Waals surface area contributed by atoms with Gasteiger partial charge in [-0.2, -0.15) is 0 Å². The summed E-state index contributed by atoms with van der Waals surface area (Å²) in [5.74, 6) is 0.919. The summed E-state index contributed by atoms with van der Waals surface area (Å²) in [6.45, 7) is 4.90. The second-order valence-corrected chi connectivity index (χ2v) is 4.78. The van der Waals surface area contributed by atoms with E-state index in [0.29, 0.717) is 0 Å². The molecule has 2 aliphatic rings. The van der Waals surface area contributed by atoms with Gasteiger partial charge in [0.15, 0.2) is 0 Å². The van der Waals surface area contributed by atoms with Crippen LogP contribution in [0.4, 0.5) is 0 Å². The molecule has 2 heterocycles. The van der Waals surface area contributed by atoms with E-state index in [1.54, 1.807) is 0 Å². The van der Waals surface area contributed by atoms with E-state index in [-0.39, 0.29) is 0 Å². The fraction of sp³-hybridized carbons (Fsp3) is 0.538. The Morgan fingerprint density at radius 2 is 2.13 bits per heavy atom. The van der Waals surface area contributed by atoms with E-state index in [2.05, 4.69) is 40.5 Å². The molecular weight excluding hydrogens is 184 g/mol. The molecule has 1 aromatic carbocycles. The van der Waals surface area contributed by atoms with Gasteiger partial charge in [-0.1, -0.05) is 30.3 Å². The van der Waals surface area contributed by atoms with E-state index in [1.165, 1.54) is 31.6 Å². The fourth-order valence-electron chi connectivity index (χ4n) is 2.71.